The van der Waals surface area contributed by atoms with E-state index in [4.69, 9.17) is 0 Å². The third-order valence-corrected chi connectivity index (χ3v) is 4.01. The van der Waals surface area contributed by atoms with Gasteiger partial charge in [-0.1, -0.05) is 24.3 Å². The van der Waals surface area contributed by atoms with E-state index in [1.165, 1.54) is 22.8 Å². The van der Waals surface area contributed by atoms with Crippen LogP contribution in [0.5, 0.6) is 0 Å². The van der Waals surface area contributed by atoms with Gasteiger partial charge in [-0.15, -0.1) is 0 Å². The molecule has 0 heterocycles. The van der Waals surface area contributed by atoms with Crippen molar-refractivity contribution in [2.24, 2.45) is 0 Å². The highest BCUT2D eigenvalue weighted by molar-refractivity contribution is 5.37. The largest absolute Gasteiger partial charge is 0.313 e. The van der Waals surface area contributed by atoms with E-state index in [1.807, 2.05) is 20.0 Å². The highest BCUT2D eigenvalue weighted by atomic mass is 19.1. The Bertz CT molecular complexity index is 584. The molecule has 1 unspecified atom stereocenters. The summed E-state index contributed by atoms with van der Waals surface area (Å²) in [6.45, 7) is 6.26. The lowest BCUT2D eigenvalue weighted by Crippen LogP contribution is -2.20. The van der Waals surface area contributed by atoms with Crippen LogP contribution >= 0.6 is 0 Å². The first-order valence-electron chi connectivity index (χ1n) is 7.01. The van der Waals surface area contributed by atoms with Crippen molar-refractivity contribution in [2.45, 2.75) is 33.2 Å². The highest BCUT2D eigenvalue weighted by Crippen LogP contribution is 2.25. The molecule has 0 spiro atoms. The summed E-state index contributed by atoms with van der Waals surface area (Å²) < 4.78 is 13.2. The zero-order valence-corrected chi connectivity index (χ0v) is 12.6. The summed E-state index contributed by atoms with van der Waals surface area (Å²) >= 11 is 0. The third kappa shape index (κ3) is 3.07. The van der Waals surface area contributed by atoms with E-state index in [1.54, 1.807) is 6.07 Å². The van der Waals surface area contributed by atoms with Gasteiger partial charge in [-0.05, 0) is 74.2 Å². The second kappa shape index (κ2) is 6.19. The molecule has 2 aromatic carbocycles. The quantitative estimate of drug-likeness (QED) is 0.876. The SMILES string of the molecule is CNC(Cc1c(C)cccc1C)c1ccc(F)cc1C. The van der Waals surface area contributed by atoms with E-state index in [9.17, 15) is 4.39 Å². The van der Waals surface area contributed by atoms with Crippen LogP contribution in [0, 0.1) is 26.6 Å². The topological polar surface area (TPSA) is 12.0 Å². The number of likely N-dealkylation sites (N-methyl/N-ethyl adjacent to an activating group) is 1. The first kappa shape index (κ1) is 14.7. The third-order valence-electron chi connectivity index (χ3n) is 4.01. The van der Waals surface area contributed by atoms with Crippen LogP contribution in [0.4, 0.5) is 4.39 Å². The molecule has 1 N–H and O–H groups in total. The van der Waals surface area contributed by atoms with E-state index in [0.717, 1.165) is 17.5 Å². The molecule has 0 fully saturated rings. The van der Waals surface area contributed by atoms with Gasteiger partial charge < -0.3 is 5.32 Å². The summed E-state index contributed by atoms with van der Waals surface area (Å²) in [7, 11) is 1.96. The molecule has 0 bridgehead atoms. The maximum atomic E-state index is 13.2. The van der Waals surface area contributed by atoms with Crippen molar-refractivity contribution in [1.82, 2.24) is 5.32 Å². The van der Waals surface area contributed by atoms with Crippen LogP contribution in [0.1, 0.15) is 33.9 Å². The van der Waals surface area contributed by atoms with Crippen molar-refractivity contribution in [3.63, 3.8) is 0 Å². The minimum atomic E-state index is -0.173. The summed E-state index contributed by atoms with van der Waals surface area (Å²) in [5, 5.41) is 3.36. The molecule has 2 aromatic rings. The lowest BCUT2D eigenvalue weighted by atomic mass is 9.91. The summed E-state index contributed by atoms with van der Waals surface area (Å²) in [6, 6.07) is 11.6. The van der Waals surface area contributed by atoms with E-state index >= 15 is 0 Å². The molecule has 0 aliphatic carbocycles. The van der Waals surface area contributed by atoms with E-state index in [-0.39, 0.29) is 11.9 Å². The summed E-state index contributed by atoms with van der Waals surface area (Å²) in [6.07, 6.45) is 0.918. The Labute approximate surface area is 120 Å². The Morgan fingerprint density at radius 2 is 1.65 bits per heavy atom. The Kier molecular flexibility index (Phi) is 4.56. The van der Waals surface area contributed by atoms with Gasteiger partial charge in [0, 0.05) is 6.04 Å². The first-order valence-corrected chi connectivity index (χ1v) is 7.01. The van der Waals surface area contributed by atoms with Gasteiger partial charge >= 0.3 is 0 Å². The maximum Gasteiger partial charge on any atom is 0.123 e. The minimum absolute atomic E-state index is 0.173. The predicted octanol–water partition coefficient (Wildman–Crippen LogP) is 4.25. The van der Waals surface area contributed by atoms with Crippen molar-refractivity contribution in [2.75, 3.05) is 7.05 Å². The number of benzene rings is 2. The molecule has 1 nitrogen and oxygen atoms in total. The number of rotatable bonds is 4. The van der Waals surface area contributed by atoms with Gasteiger partial charge in [0.25, 0.3) is 0 Å². The number of aryl methyl sites for hydroxylation is 3. The lowest BCUT2D eigenvalue weighted by molar-refractivity contribution is 0.579. The van der Waals surface area contributed by atoms with E-state index in [0.29, 0.717) is 0 Å². The molecule has 0 aromatic heterocycles. The standard InChI is InChI=1S/C18H22FN/c1-12-6-5-7-13(2)17(12)11-18(20-4)16-9-8-15(19)10-14(16)3/h5-10,18,20H,11H2,1-4H3. The van der Waals surface area contributed by atoms with Crippen molar-refractivity contribution in [1.29, 1.82) is 0 Å². The maximum absolute atomic E-state index is 13.2. The molecule has 2 heteroatoms. The first-order chi connectivity index (χ1) is 9.52. The molecule has 20 heavy (non-hydrogen) atoms. The van der Waals surface area contributed by atoms with E-state index < -0.39 is 0 Å². The van der Waals surface area contributed by atoms with Crippen LogP contribution in [-0.2, 0) is 6.42 Å². The summed E-state index contributed by atoms with van der Waals surface area (Å²) in [5.41, 5.74) is 6.15. The molecule has 2 rings (SSSR count). The summed E-state index contributed by atoms with van der Waals surface area (Å²) in [4.78, 5) is 0. The molecule has 1 atom stereocenters. The highest BCUT2D eigenvalue weighted by Gasteiger charge is 2.15. The molecule has 0 saturated heterocycles. The van der Waals surface area contributed by atoms with Gasteiger partial charge in [0.15, 0.2) is 0 Å². The van der Waals surface area contributed by atoms with Crippen molar-refractivity contribution < 1.29 is 4.39 Å². The fourth-order valence-electron chi connectivity index (χ4n) is 2.77. The number of halogens is 1. The van der Waals surface area contributed by atoms with Crippen molar-refractivity contribution >= 4 is 0 Å². The van der Waals surface area contributed by atoms with E-state index in [2.05, 4.69) is 37.4 Å². The zero-order chi connectivity index (χ0) is 14.7. The lowest BCUT2D eigenvalue weighted by Gasteiger charge is -2.21. The molecular weight excluding hydrogens is 249 g/mol. The monoisotopic (exact) mass is 271 g/mol. The second-order valence-electron chi connectivity index (χ2n) is 5.42. The van der Waals surface area contributed by atoms with Crippen LogP contribution < -0.4 is 5.32 Å². The minimum Gasteiger partial charge on any atom is -0.313 e. The van der Waals surface area contributed by atoms with Gasteiger partial charge in [-0.2, -0.15) is 0 Å². The zero-order valence-electron chi connectivity index (χ0n) is 12.6. The average Bonchev–Trinajstić information content (AvgIpc) is 2.40. The van der Waals surface area contributed by atoms with Crippen LogP contribution in [0.25, 0.3) is 0 Å². The van der Waals surface area contributed by atoms with Crippen LogP contribution in [0.3, 0.4) is 0 Å². The number of nitrogens with one attached hydrogen (secondary N) is 1. The number of hydrogen-bond donors (Lipinski definition) is 1. The fourth-order valence-corrected chi connectivity index (χ4v) is 2.77. The number of hydrogen-bond acceptors (Lipinski definition) is 1. The normalized spacial score (nSPS) is 12.4. The Morgan fingerprint density at radius 1 is 1.00 bits per heavy atom. The smallest absolute Gasteiger partial charge is 0.123 e. The second-order valence-corrected chi connectivity index (χ2v) is 5.42. The molecule has 0 aliphatic rings. The van der Waals surface area contributed by atoms with Gasteiger partial charge in [0.1, 0.15) is 5.82 Å². The molecule has 0 aliphatic heterocycles. The molecule has 0 amide bonds. The van der Waals surface area contributed by atoms with Gasteiger partial charge in [0.2, 0.25) is 0 Å². The fraction of sp³-hybridized carbons (Fsp3) is 0.333. The van der Waals surface area contributed by atoms with Crippen LogP contribution in [0.15, 0.2) is 36.4 Å². The van der Waals surface area contributed by atoms with Crippen molar-refractivity contribution in [3.05, 3.63) is 70.0 Å². The molecule has 0 saturated carbocycles. The van der Waals surface area contributed by atoms with Crippen LogP contribution in [0.2, 0.25) is 0 Å². The molecular formula is C18H22FN. The molecule has 106 valence electrons. The van der Waals surface area contributed by atoms with Crippen molar-refractivity contribution in [3.8, 4) is 0 Å². The average molecular weight is 271 g/mol. The Morgan fingerprint density at radius 3 is 2.20 bits per heavy atom. The van der Waals surface area contributed by atoms with Gasteiger partial charge in [-0.25, -0.2) is 4.39 Å². The van der Waals surface area contributed by atoms with Gasteiger partial charge in [-0.3, -0.25) is 0 Å². The Balaban J connectivity index is 2.34. The Hall–Kier alpha value is -1.67. The summed E-state index contributed by atoms with van der Waals surface area (Å²) in [5.74, 6) is -0.173. The molecule has 0 radical (unpaired) electrons. The van der Waals surface area contributed by atoms with Gasteiger partial charge in [0.05, 0.1) is 0 Å². The van der Waals surface area contributed by atoms with Crippen LogP contribution in [-0.4, -0.2) is 7.05 Å². The predicted molar refractivity (Wildman–Crippen MR) is 82.6 cm³/mol.